The molecule has 1 amide bonds. The summed E-state index contributed by atoms with van der Waals surface area (Å²) < 4.78 is 10.3. The van der Waals surface area contributed by atoms with E-state index in [1.165, 1.54) is 5.57 Å². The zero-order valence-corrected chi connectivity index (χ0v) is 18.9. The largest absolute Gasteiger partial charge is 0.491 e. The minimum absolute atomic E-state index is 0.612. The van der Waals surface area contributed by atoms with E-state index in [-0.39, 0.29) is 0 Å². The maximum atomic E-state index is 10.2. The minimum Gasteiger partial charge on any atom is -0.491 e. The van der Waals surface area contributed by atoms with E-state index >= 15 is 0 Å². The van der Waals surface area contributed by atoms with Gasteiger partial charge in [-0.05, 0) is 45.4 Å². The Morgan fingerprint density at radius 3 is 2.20 bits per heavy atom. The molecular formula is C24H35N3O3. The number of methoxy groups -OCH3 is 1. The van der Waals surface area contributed by atoms with E-state index in [0.29, 0.717) is 19.6 Å². The number of carbonyl (C=O) groups excluding carboxylic acids is 1. The third-order valence-electron chi connectivity index (χ3n) is 3.87. The highest BCUT2D eigenvalue weighted by Crippen LogP contribution is 2.15. The summed E-state index contributed by atoms with van der Waals surface area (Å²) in [6.45, 7) is 9.16. The van der Waals surface area contributed by atoms with Gasteiger partial charge in [-0.3, -0.25) is 9.79 Å². The molecule has 0 aliphatic carbocycles. The predicted molar refractivity (Wildman–Crippen MR) is 126 cm³/mol. The molecule has 164 valence electrons. The molecular weight excluding hydrogens is 378 g/mol. The fraction of sp³-hybridized carbons (Fsp3) is 0.333. The van der Waals surface area contributed by atoms with Gasteiger partial charge < -0.3 is 20.5 Å². The van der Waals surface area contributed by atoms with Gasteiger partial charge in [0.2, 0.25) is 6.41 Å². The van der Waals surface area contributed by atoms with Crippen LogP contribution in [0.2, 0.25) is 0 Å². The molecule has 0 saturated heterocycles. The van der Waals surface area contributed by atoms with Gasteiger partial charge in [-0.15, -0.1) is 0 Å². The molecule has 0 aliphatic rings. The van der Waals surface area contributed by atoms with Gasteiger partial charge in [-0.1, -0.05) is 42.0 Å². The molecule has 6 nitrogen and oxygen atoms in total. The summed E-state index contributed by atoms with van der Waals surface area (Å²) in [6, 6.07) is 15.4. The number of amides is 1. The summed E-state index contributed by atoms with van der Waals surface area (Å²) in [4.78, 5) is 14.0. The van der Waals surface area contributed by atoms with Crippen LogP contribution in [0.3, 0.4) is 0 Å². The van der Waals surface area contributed by atoms with Crippen molar-refractivity contribution in [2.75, 3.05) is 32.7 Å². The SMILES string of the molecule is CC(C)=C(C)N.CN=Cc1ccccc1NC=O.COCCOc1ccccc1C. The molecule has 0 aromatic heterocycles. The number of benzene rings is 2. The zero-order valence-electron chi connectivity index (χ0n) is 18.9. The van der Waals surface area contributed by atoms with Gasteiger partial charge in [0.15, 0.2) is 0 Å². The molecule has 2 rings (SSSR count). The Morgan fingerprint density at radius 2 is 1.67 bits per heavy atom. The highest BCUT2D eigenvalue weighted by atomic mass is 16.5. The van der Waals surface area contributed by atoms with Crippen LogP contribution in [0.4, 0.5) is 5.69 Å². The Kier molecular flexibility index (Phi) is 15.1. The Bertz CT molecular complexity index is 784. The van der Waals surface area contributed by atoms with Crippen molar-refractivity contribution in [3.8, 4) is 5.75 Å². The summed E-state index contributed by atoms with van der Waals surface area (Å²) in [5.41, 5.74) is 10.3. The molecule has 30 heavy (non-hydrogen) atoms. The molecule has 0 heterocycles. The quantitative estimate of drug-likeness (QED) is 0.395. The van der Waals surface area contributed by atoms with Gasteiger partial charge in [0.25, 0.3) is 0 Å². The highest BCUT2D eigenvalue weighted by molar-refractivity contribution is 5.90. The van der Waals surface area contributed by atoms with Crippen LogP contribution in [-0.2, 0) is 9.53 Å². The first kappa shape index (κ1) is 26.9. The van der Waals surface area contributed by atoms with Crippen LogP contribution in [-0.4, -0.2) is 40.0 Å². The normalized spacial score (nSPS) is 9.53. The Labute approximate surface area is 180 Å². The highest BCUT2D eigenvalue weighted by Gasteiger charge is 1.96. The molecule has 0 spiro atoms. The lowest BCUT2D eigenvalue weighted by Crippen LogP contribution is -2.04. The first-order valence-electron chi connectivity index (χ1n) is 9.65. The van der Waals surface area contributed by atoms with Crippen molar-refractivity contribution in [1.29, 1.82) is 0 Å². The van der Waals surface area contributed by atoms with Gasteiger partial charge in [0.1, 0.15) is 12.4 Å². The number of rotatable bonds is 7. The van der Waals surface area contributed by atoms with E-state index in [1.807, 2.05) is 76.2 Å². The number of para-hydroxylation sites is 2. The van der Waals surface area contributed by atoms with E-state index in [1.54, 1.807) is 20.4 Å². The molecule has 3 N–H and O–H groups in total. The average Bonchev–Trinajstić information content (AvgIpc) is 2.72. The van der Waals surface area contributed by atoms with Crippen molar-refractivity contribution in [3.63, 3.8) is 0 Å². The van der Waals surface area contributed by atoms with Crippen LogP contribution < -0.4 is 15.8 Å². The third kappa shape index (κ3) is 12.4. The van der Waals surface area contributed by atoms with Crippen LogP contribution in [0.5, 0.6) is 5.75 Å². The third-order valence-corrected chi connectivity index (χ3v) is 3.87. The van der Waals surface area contributed by atoms with Crippen molar-refractivity contribution in [3.05, 3.63) is 70.9 Å². The van der Waals surface area contributed by atoms with Gasteiger partial charge in [-0.2, -0.15) is 0 Å². The van der Waals surface area contributed by atoms with E-state index in [2.05, 4.69) is 10.3 Å². The number of aliphatic imine (C=N–C) groups is 1. The van der Waals surface area contributed by atoms with Crippen LogP contribution in [0.1, 0.15) is 31.9 Å². The maximum absolute atomic E-state index is 10.2. The molecule has 0 radical (unpaired) electrons. The Hall–Kier alpha value is -3.12. The summed E-state index contributed by atoms with van der Waals surface area (Å²) in [7, 11) is 3.36. The van der Waals surface area contributed by atoms with Crippen molar-refractivity contribution in [1.82, 2.24) is 0 Å². The number of ether oxygens (including phenoxy) is 2. The number of carbonyl (C=O) groups is 1. The monoisotopic (exact) mass is 413 g/mol. The number of nitrogens with two attached hydrogens (primary N) is 1. The van der Waals surface area contributed by atoms with E-state index in [0.717, 1.165) is 28.3 Å². The second-order valence-corrected chi connectivity index (χ2v) is 6.53. The standard InChI is InChI=1S/C10H14O2.C9H10N2O.C5H11N/c1-9-5-3-4-6-10(9)12-8-7-11-2;1-10-6-8-4-2-3-5-9(8)11-7-12;1-4(2)5(3)6/h3-6H,7-8H2,1-2H3;2-7H,1H3,(H,11,12);6H2,1-3H3. The second kappa shape index (κ2) is 16.8. The Balaban J connectivity index is 0.000000447. The lowest BCUT2D eigenvalue weighted by Gasteiger charge is -2.07. The zero-order chi connectivity index (χ0) is 22.8. The maximum Gasteiger partial charge on any atom is 0.211 e. The van der Waals surface area contributed by atoms with E-state index in [9.17, 15) is 4.79 Å². The van der Waals surface area contributed by atoms with Crippen LogP contribution in [0.25, 0.3) is 0 Å². The van der Waals surface area contributed by atoms with Gasteiger partial charge >= 0.3 is 0 Å². The molecule has 0 bridgehead atoms. The molecule has 0 saturated carbocycles. The number of nitrogens with one attached hydrogen (secondary N) is 1. The molecule has 0 aliphatic heterocycles. The topological polar surface area (TPSA) is 85.9 Å². The molecule has 0 fully saturated rings. The predicted octanol–water partition coefficient (Wildman–Crippen LogP) is 4.58. The summed E-state index contributed by atoms with van der Waals surface area (Å²) >= 11 is 0. The summed E-state index contributed by atoms with van der Waals surface area (Å²) in [5.74, 6) is 0.939. The van der Waals surface area contributed by atoms with Crippen molar-refractivity contribution >= 4 is 18.3 Å². The molecule has 0 unspecified atom stereocenters. The minimum atomic E-state index is 0.612. The van der Waals surface area contributed by atoms with Gasteiger partial charge in [0, 0.05) is 37.3 Å². The molecule has 0 atom stereocenters. The number of aryl methyl sites for hydroxylation is 1. The molecule has 6 heteroatoms. The van der Waals surface area contributed by atoms with E-state index in [4.69, 9.17) is 15.2 Å². The van der Waals surface area contributed by atoms with Gasteiger partial charge in [-0.25, -0.2) is 0 Å². The first-order chi connectivity index (χ1) is 14.4. The number of allylic oxidation sites excluding steroid dienone is 2. The van der Waals surface area contributed by atoms with Crippen LogP contribution in [0, 0.1) is 6.92 Å². The average molecular weight is 414 g/mol. The second-order valence-electron chi connectivity index (χ2n) is 6.53. The number of nitrogens with zero attached hydrogens (tertiary/aromatic N) is 1. The fourth-order valence-corrected chi connectivity index (χ4v) is 1.90. The van der Waals surface area contributed by atoms with Crippen LogP contribution in [0.15, 0.2) is 64.8 Å². The lowest BCUT2D eigenvalue weighted by molar-refractivity contribution is -0.105. The summed E-state index contributed by atoms with van der Waals surface area (Å²) in [6.07, 6.45) is 2.36. The lowest BCUT2D eigenvalue weighted by atomic mass is 10.2. The van der Waals surface area contributed by atoms with Crippen LogP contribution >= 0.6 is 0 Å². The number of hydrogen-bond donors (Lipinski definition) is 2. The Morgan fingerprint density at radius 1 is 1.07 bits per heavy atom. The van der Waals surface area contributed by atoms with Crippen molar-refractivity contribution in [2.45, 2.75) is 27.7 Å². The molecule has 2 aromatic carbocycles. The smallest absolute Gasteiger partial charge is 0.211 e. The molecule has 2 aromatic rings. The van der Waals surface area contributed by atoms with Gasteiger partial charge in [0.05, 0.1) is 6.61 Å². The first-order valence-corrected chi connectivity index (χ1v) is 9.65. The number of hydrogen-bond acceptors (Lipinski definition) is 5. The van der Waals surface area contributed by atoms with Crippen molar-refractivity contribution in [2.24, 2.45) is 10.7 Å². The number of anilines is 1. The summed E-state index contributed by atoms with van der Waals surface area (Å²) in [5, 5.41) is 2.59. The van der Waals surface area contributed by atoms with Crippen molar-refractivity contribution < 1.29 is 14.3 Å². The van der Waals surface area contributed by atoms with E-state index < -0.39 is 0 Å². The fourth-order valence-electron chi connectivity index (χ4n) is 1.90.